The molecule has 86 valence electrons. The molecule has 0 radical (unpaired) electrons. The van der Waals surface area contributed by atoms with E-state index in [0.717, 1.165) is 0 Å². The minimum atomic E-state index is -0.0872. The standard InChI is InChI=1S/C13H16O3/c1-7(14)5-6-11-10(4)12(15)8(2)9(3)13(11)16/h5-6H2,1-4H3. The predicted molar refractivity (Wildman–Crippen MR) is 61.0 cm³/mol. The normalized spacial score (nSPS) is 17.2. The van der Waals surface area contributed by atoms with Crippen LogP contribution in [0.15, 0.2) is 22.3 Å². The maximum absolute atomic E-state index is 11.9. The largest absolute Gasteiger partial charge is 0.300 e. The minimum Gasteiger partial charge on any atom is -0.300 e. The lowest BCUT2D eigenvalue weighted by molar-refractivity contribution is -0.118. The molecule has 1 aliphatic carbocycles. The van der Waals surface area contributed by atoms with E-state index >= 15 is 0 Å². The molecule has 0 aromatic heterocycles. The maximum Gasteiger partial charge on any atom is 0.185 e. The number of carbonyl (C=O) groups is 3. The van der Waals surface area contributed by atoms with Gasteiger partial charge in [0, 0.05) is 28.7 Å². The fourth-order valence-corrected chi connectivity index (χ4v) is 1.76. The molecule has 1 aliphatic rings. The Morgan fingerprint density at radius 2 is 1.44 bits per heavy atom. The zero-order valence-corrected chi connectivity index (χ0v) is 10.1. The molecule has 0 bridgehead atoms. The van der Waals surface area contributed by atoms with Crippen molar-refractivity contribution in [1.82, 2.24) is 0 Å². The molecule has 0 heterocycles. The van der Waals surface area contributed by atoms with Gasteiger partial charge in [-0.15, -0.1) is 0 Å². The van der Waals surface area contributed by atoms with Gasteiger partial charge in [-0.2, -0.15) is 0 Å². The Morgan fingerprint density at radius 3 is 1.94 bits per heavy atom. The van der Waals surface area contributed by atoms with Gasteiger partial charge in [0.05, 0.1) is 0 Å². The van der Waals surface area contributed by atoms with Gasteiger partial charge in [0.25, 0.3) is 0 Å². The molecule has 0 spiro atoms. The van der Waals surface area contributed by atoms with Crippen molar-refractivity contribution in [3.05, 3.63) is 22.3 Å². The van der Waals surface area contributed by atoms with Gasteiger partial charge in [-0.25, -0.2) is 0 Å². The number of Topliss-reactive ketones (excluding diaryl/α,β-unsaturated/α-hetero) is 3. The summed E-state index contributed by atoms with van der Waals surface area (Å²) in [6, 6.07) is 0. The van der Waals surface area contributed by atoms with Gasteiger partial charge >= 0.3 is 0 Å². The van der Waals surface area contributed by atoms with Crippen molar-refractivity contribution in [2.75, 3.05) is 0 Å². The Labute approximate surface area is 95.2 Å². The van der Waals surface area contributed by atoms with E-state index in [1.165, 1.54) is 6.92 Å². The Morgan fingerprint density at radius 1 is 0.938 bits per heavy atom. The van der Waals surface area contributed by atoms with Crippen molar-refractivity contribution in [3.63, 3.8) is 0 Å². The third-order valence-electron chi connectivity index (χ3n) is 3.04. The van der Waals surface area contributed by atoms with Gasteiger partial charge < -0.3 is 4.79 Å². The topological polar surface area (TPSA) is 51.2 Å². The molecule has 0 amide bonds. The molecule has 0 aromatic rings. The first kappa shape index (κ1) is 12.6. The van der Waals surface area contributed by atoms with Crippen molar-refractivity contribution in [1.29, 1.82) is 0 Å². The van der Waals surface area contributed by atoms with Crippen LogP contribution < -0.4 is 0 Å². The molecule has 3 nitrogen and oxygen atoms in total. The lowest BCUT2D eigenvalue weighted by atomic mass is 9.84. The molecule has 0 fully saturated rings. The number of hydrogen-bond acceptors (Lipinski definition) is 3. The molecule has 0 unspecified atom stereocenters. The third kappa shape index (κ3) is 2.18. The van der Waals surface area contributed by atoms with Crippen LogP contribution in [0.2, 0.25) is 0 Å². The smallest absolute Gasteiger partial charge is 0.185 e. The summed E-state index contributed by atoms with van der Waals surface area (Å²) in [7, 11) is 0. The fraction of sp³-hybridized carbons (Fsp3) is 0.462. The molecule has 0 saturated carbocycles. The highest BCUT2D eigenvalue weighted by Gasteiger charge is 2.27. The Hall–Kier alpha value is -1.51. The first-order valence-corrected chi connectivity index (χ1v) is 5.32. The lowest BCUT2D eigenvalue weighted by Gasteiger charge is -2.18. The highest BCUT2D eigenvalue weighted by molar-refractivity contribution is 6.24. The fourth-order valence-electron chi connectivity index (χ4n) is 1.76. The van der Waals surface area contributed by atoms with E-state index in [1.807, 2.05) is 0 Å². The highest BCUT2D eigenvalue weighted by atomic mass is 16.1. The average molecular weight is 220 g/mol. The molecule has 3 heteroatoms. The zero-order valence-electron chi connectivity index (χ0n) is 10.1. The van der Waals surface area contributed by atoms with Crippen LogP contribution >= 0.6 is 0 Å². The van der Waals surface area contributed by atoms with E-state index in [2.05, 4.69) is 0 Å². The molecule has 0 aliphatic heterocycles. The molecular formula is C13H16O3. The Balaban J connectivity index is 3.04. The number of hydrogen-bond donors (Lipinski definition) is 0. The van der Waals surface area contributed by atoms with Crippen LogP contribution in [0.3, 0.4) is 0 Å². The molecule has 0 atom stereocenters. The lowest BCUT2D eigenvalue weighted by Crippen LogP contribution is -2.21. The van der Waals surface area contributed by atoms with E-state index in [-0.39, 0.29) is 17.3 Å². The monoisotopic (exact) mass is 220 g/mol. The first-order valence-electron chi connectivity index (χ1n) is 5.32. The number of carbonyl (C=O) groups excluding carboxylic acids is 3. The highest BCUT2D eigenvalue weighted by Crippen LogP contribution is 2.26. The van der Waals surface area contributed by atoms with Crippen molar-refractivity contribution >= 4 is 17.3 Å². The third-order valence-corrected chi connectivity index (χ3v) is 3.04. The van der Waals surface area contributed by atoms with Gasteiger partial charge in [-0.05, 0) is 34.1 Å². The van der Waals surface area contributed by atoms with Crippen molar-refractivity contribution < 1.29 is 14.4 Å². The second kappa shape index (κ2) is 4.56. The first-order chi connectivity index (χ1) is 7.36. The predicted octanol–water partition coefficient (Wildman–Crippen LogP) is 2.16. The van der Waals surface area contributed by atoms with Crippen LogP contribution in [0, 0.1) is 0 Å². The number of allylic oxidation sites excluding steroid dienone is 4. The summed E-state index contributed by atoms with van der Waals surface area (Å²) in [6.07, 6.45) is 0.689. The molecule has 1 rings (SSSR count). The minimum absolute atomic E-state index is 0.0319. The molecule has 0 saturated heterocycles. The van der Waals surface area contributed by atoms with Crippen LogP contribution in [0.25, 0.3) is 0 Å². The quantitative estimate of drug-likeness (QED) is 0.685. The van der Waals surface area contributed by atoms with Gasteiger partial charge in [0.2, 0.25) is 0 Å². The summed E-state index contributed by atoms with van der Waals surface area (Å²) >= 11 is 0. The summed E-state index contributed by atoms with van der Waals surface area (Å²) < 4.78 is 0. The van der Waals surface area contributed by atoms with Gasteiger partial charge in [-0.3, -0.25) is 9.59 Å². The summed E-state index contributed by atoms with van der Waals surface area (Å²) in [4.78, 5) is 34.6. The average Bonchev–Trinajstić information content (AvgIpc) is 2.23. The Bertz CT molecular complexity index is 436. The van der Waals surface area contributed by atoms with Gasteiger partial charge in [-0.1, -0.05) is 0 Å². The SMILES string of the molecule is CC(=O)CCC1=C(C)C(=O)C(C)=C(C)C1=O. The van der Waals surface area contributed by atoms with Crippen LogP contribution in [0.5, 0.6) is 0 Å². The molecule has 0 N–H and O–H groups in total. The second-order valence-corrected chi connectivity index (χ2v) is 4.21. The molecule has 0 aromatic carbocycles. The van der Waals surface area contributed by atoms with E-state index in [9.17, 15) is 14.4 Å². The second-order valence-electron chi connectivity index (χ2n) is 4.21. The van der Waals surface area contributed by atoms with E-state index < -0.39 is 0 Å². The van der Waals surface area contributed by atoms with Crippen LogP contribution in [0.4, 0.5) is 0 Å². The van der Waals surface area contributed by atoms with Crippen molar-refractivity contribution in [2.24, 2.45) is 0 Å². The van der Waals surface area contributed by atoms with E-state index in [0.29, 0.717) is 35.1 Å². The zero-order chi connectivity index (χ0) is 12.5. The van der Waals surface area contributed by atoms with Gasteiger partial charge in [0.15, 0.2) is 11.6 Å². The molecule has 16 heavy (non-hydrogen) atoms. The van der Waals surface area contributed by atoms with E-state index in [4.69, 9.17) is 0 Å². The summed E-state index contributed by atoms with van der Waals surface area (Å²) in [5.74, 6) is -0.129. The van der Waals surface area contributed by atoms with Crippen molar-refractivity contribution in [3.8, 4) is 0 Å². The Kier molecular flexibility index (Phi) is 3.58. The summed E-state index contributed by atoms with van der Waals surface area (Å²) in [5, 5.41) is 0. The number of ketones is 3. The molecular weight excluding hydrogens is 204 g/mol. The summed E-state index contributed by atoms with van der Waals surface area (Å²) in [6.45, 7) is 6.47. The maximum atomic E-state index is 11.9. The summed E-state index contributed by atoms with van der Waals surface area (Å²) in [5.41, 5.74) is 2.03. The van der Waals surface area contributed by atoms with E-state index in [1.54, 1.807) is 20.8 Å². The van der Waals surface area contributed by atoms with Crippen LogP contribution in [0.1, 0.15) is 40.5 Å². The van der Waals surface area contributed by atoms with Crippen LogP contribution in [-0.2, 0) is 14.4 Å². The van der Waals surface area contributed by atoms with Crippen LogP contribution in [-0.4, -0.2) is 17.3 Å². The van der Waals surface area contributed by atoms with Crippen molar-refractivity contribution in [2.45, 2.75) is 40.5 Å². The number of rotatable bonds is 3. The van der Waals surface area contributed by atoms with Gasteiger partial charge in [0.1, 0.15) is 5.78 Å².